The maximum absolute atomic E-state index is 13.8. The number of likely N-dealkylation sites (N-methyl/N-ethyl adjacent to an activating group) is 1. The Morgan fingerprint density at radius 3 is 1.93 bits per heavy atom. The third kappa shape index (κ3) is 6.49. The van der Waals surface area contributed by atoms with Crippen LogP contribution >= 0.6 is 12.4 Å². The van der Waals surface area contributed by atoms with E-state index >= 15 is 0 Å². The first kappa shape index (κ1) is 31.2. The zero-order valence-corrected chi connectivity index (χ0v) is 25.8. The molecule has 42 heavy (non-hydrogen) atoms. The molecule has 0 N–H and O–H groups in total. The molecule has 1 atom stereocenters. The summed E-state index contributed by atoms with van der Waals surface area (Å²) in [5.74, 6) is 1.35. The van der Waals surface area contributed by atoms with Gasteiger partial charge in [0.2, 0.25) is 0 Å². The number of nitrogens with zero attached hydrogens (tertiary/aromatic N) is 2. The molecule has 0 bridgehead atoms. The molecular weight excluding hydrogens is 568 g/mol. The Labute approximate surface area is 255 Å². The fourth-order valence-electron chi connectivity index (χ4n) is 5.25. The highest BCUT2D eigenvalue weighted by Crippen LogP contribution is 2.39. The highest BCUT2D eigenvalue weighted by molar-refractivity contribution is 7.90. The van der Waals surface area contributed by atoms with Gasteiger partial charge < -0.3 is 14.4 Å². The van der Waals surface area contributed by atoms with Gasteiger partial charge in [-0.2, -0.15) is 0 Å². The van der Waals surface area contributed by atoms with Crippen molar-refractivity contribution in [2.75, 3.05) is 33.4 Å². The molecule has 0 radical (unpaired) electrons. The molecule has 0 fully saturated rings. The largest absolute Gasteiger partial charge is 0.497 e. The number of rotatable bonds is 12. The Morgan fingerprint density at radius 2 is 1.33 bits per heavy atom. The quantitative estimate of drug-likeness (QED) is 0.151. The Bertz CT molecular complexity index is 1680. The first-order valence-electron chi connectivity index (χ1n) is 14.0. The van der Waals surface area contributed by atoms with Crippen molar-refractivity contribution in [3.63, 3.8) is 0 Å². The second-order valence-electron chi connectivity index (χ2n) is 9.87. The number of fused-ring (bicyclic) bond motifs is 1. The molecule has 0 spiro atoms. The Morgan fingerprint density at radius 1 is 0.762 bits per heavy atom. The fraction of sp³-hybridized carbons (Fsp3) is 0.235. The van der Waals surface area contributed by atoms with Gasteiger partial charge >= 0.3 is 0 Å². The molecule has 0 aliphatic carbocycles. The molecule has 5 rings (SSSR count). The summed E-state index contributed by atoms with van der Waals surface area (Å²) in [6.45, 7) is 7.79. The molecule has 0 aliphatic rings. The molecule has 0 saturated carbocycles. The van der Waals surface area contributed by atoms with Gasteiger partial charge in [-0.25, -0.2) is 12.4 Å². The van der Waals surface area contributed by atoms with E-state index in [0.29, 0.717) is 12.1 Å². The monoisotopic (exact) mass is 604 g/mol. The molecule has 0 amide bonds. The minimum atomic E-state index is -3.81. The molecule has 5 aromatic rings. The smallest absolute Gasteiger partial charge is 0.268 e. The molecule has 1 heterocycles. The molecule has 220 valence electrons. The lowest BCUT2D eigenvalue weighted by atomic mass is 9.85. The molecule has 0 saturated heterocycles. The summed E-state index contributed by atoms with van der Waals surface area (Å²) in [7, 11) is -2.16. The molecule has 1 aromatic heterocycles. The number of para-hydroxylation sites is 1. The molecule has 1 unspecified atom stereocenters. The summed E-state index contributed by atoms with van der Waals surface area (Å²) in [5.41, 5.74) is 3.61. The van der Waals surface area contributed by atoms with Crippen molar-refractivity contribution < 1.29 is 17.9 Å². The fourth-order valence-corrected chi connectivity index (χ4v) is 6.65. The van der Waals surface area contributed by atoms with Gasteiger partial charge in [-0.05, 0) is 72.2 Å². The van der Waals surface area contributed by atoms with Gasteiger partial charge in [-0.3, -0.25) is 0 Å². The van der Waals surface area contributed by atoms with E-state index in [4.69, 9.17) is 9.47 Å². The SMILES string of the molecule is CCN(CC)CCOc1ccc(C(c2ccc(OC)cc2)c2cn(S(=O)(=O)c3ccccc3)c3ccccc23)cc1.Cl. The lowest BCUT2D eigenvalue weighted by Gasteiger charge is -2.20. The molecule has 8 heteroatoms. The van der Waals surface area contributed by atoms with Crippen LogP contribution in [0.1, 0.15) is 36.5 Å². The van der Waals surface area contributed by atoms with Crippen molar-refractivity contribution in [1.29, 1.82) is 0 Å². The summed E-state index contributed by atoms with van der Waals surface area (Å²) in [6, 6.07) is 32.3. The van der Waals surface area contributed by atoms with Gasteiger partial charge in [0, 0.05) is 24.0 Å². The third-order valence-electron chi connectivity index (χ3n) is 7.55. The van der Waals surface area contributed by atoms with E-state index in [1.165, 1.54) is 3.97 Å². The number of aromatic nitrogens is 1. The first-order chi connectivity index (χ1) is 20.0. The predicted octanol–water partition coefficient (Wildman–Crippen LogP) is 7.21. The topological polar surface area (TPSA) is 60.8 Å². The number of hydrogen-bond donors (Lipinski definition) is 0. The highest BCUT2D eigenvalue weighted by atomic mass is 35.5. The highest BCUT2D eigenvalue weighted by Gasteiger charge is 2.26. The lowest BCUT2D eigenvalue weighted by molar-refractivity contribution is 0.223. The molecule has 0 aliphatic heterocycles. The zero-order valence-electron chi connectivity index (χ0n) is 24.1. The number of hydrogen-bond acceptors (Lipinski definition) is 5. The summed E-state index contributed by atoms with van der Waals surface area (Å²) in [6.07, 6.45) is 1.77. The predicted molar refractivity (Wildman–Crippen MR) is 172 cm³/mol. The van der Waals surface area contributed by atoms with Crippen molar-refractivity contribution in [2.45, 2.75) is 24.7 Å². The van der Waals surface area contributed by atoms with Crippen LogP contribution < -0.4 is 9.47 Å². The standard InChI is InChI=1S/C34H36N2O4S.ClH/c1-4-35(5-2)23-24-40-29-21-17-27(18-22-29)34(26-15-19-28(39-3)20-16-26)32-25-36(33-14-10-9-13-31(32)33)41(37,38)30-11-7-6-8-12-30;/h6-22,25,34H,4-5,23-24H2,1-3H3;1H. The minimum Gasteiger partial charge on any atom is -0.497 e. The first-order valence-corrected chi connectivity index (χ1v) is 15.4. The number of halogens is 1. The molecule has 6 nitrogen and oxygen atoms in total. The van der Waals surface area contributed by atoms with Gasteiger partial charge in [-0.15, -0.1) is 12.4 Å². The van der Waals surface area contributed by atoms with Crippen LogP contribution in [0.5, 0.6) is 11.5 Å². The summed E-state index contributed by atoms with van der Waals surface area (Å²) in [4.78, 5) is 2.58. The van der Waals surface area contributed by atoms with E-state index < -0.39 is 10.0 Å². The van der Waals surface area contributed by atoms with Crippen molar-refractivity contribution in [2.24, 2.45) is 0 Å². The van der Waals surface area contributed by atoms with Crippen LogP contribution in [0.2, 0.25) is 0 Å². The van der Waals surface area contributed by atoms with Crippen LogP contribution in [-0.4, -0.2) is 50.6 Å². The molecule has 4 aromatic carbocycles. The van der Waals surface area contributed by atoms with Gasteiger partial charge in [-0.1, -0.05) is 74.5 Å². The van der Waals surface area contributed by atoms with Crippen LogP contribution in [-0.2, 0) is 10.0 Å². The number of ether oxygens (including phenoxy) is 2. The maximum Gasteiger partial charge on any atom is 0.268 e. The van der Waals surface area contributed by atoms with Gasteiger partial charge in [0.15, 0.2) is 0 Å². The van der Waals surface area contributed by atoms with E-state index in [9.17, 15) is 8.42 Å². The average Bonchev–Trinajstić information content (AvgIpc) is 3.41. The summed E-state index contributed by atoms with van der Waals surface area (Å²) >= 11 is 0. The van der Waals surface area contributed by atoms with E-state index in [1.54, 1.807) is 37.6 Å². The van der Waals surface area contributed by atoms with E-state index in [-0.39, 0.29) is 23.2 Å². The van der Waals surface area contributed by atoms with Crippen molar-refractivity contribution in [1.82, 2.24) is 8.87 Å². The molecular formula is C34H37ClN2O4S. The third-order valence-corrected chi connectivity index (χ3v) is 9.24. The van der Waals surface area contributed by atoms with Crippen molar-refractivity contribution in [3.05, 3.63) is 126 Å². The van der Waals surface area contributed by atoms with Gasteiger partial charge in [0.1, 0.15) is 18.1 Å². The van der Waals surface area contributed by atoms with Crippen LogP contribution in [0.4, 0.5) is 0 Å². The van der Waals surface area contributed by atoms with E-state index in [0.717, 1.165) is 53.2 Å². The van der Waals surface area contributed by atoms with Gasteiger partial charge in [0.25, 0.3) is 10.0 Å². The number of benzene rings is 4. The van der Waals surface area contributed by atoms with Crippen LogP contribution in [0.15, 0.2) is 114 Å². The number of methoxy groups -OCH3 is 1. The lowest BCUT2D eigenvalue weighted by Crippen LogP contribution is -2.27. The van der Waals surface area contributed by atoms with Crippen molar-refractivity contribution in [3.8, 4) is 11.5 Å². The van der Waals surface area contributed by atoms with Crippen LogP contribution in [0.3, 0.4) is 0 Å². The summed E-state index contributed by atoms with van der Waals surface area (Å²) < 4.78 is 40.5. The second kappa shape index (κ2) is 13.9. The Kier molecular flexibility index (Phi) is 10.3. The van der Waals surface area contributed by atoms with Crippen LogP contribution in [0.25, 0.3) is 10.9 Å². The van der Waals surface area contributed by atoms with Crippen LogP contribution in [0, 0.1) is 0 Å². The van der Waals surface area contributed by atoms with Gasteiger partial charge in [0.05, 0.1) is 17.5 Å². The maximum atomic E-state index is 13.8. The average molecular weight is 605 g/mol. The second-order valence-corrected chi connectivity index (χ2v) is 11.7. The normalized spacial score (nSPS) is 12.2. The Balaban J connectivity index is 0.00000405. The van der Waals surface area contributed by atoms with Crippen molar-refractivity contribution >= 4 is 33.3 Å². The van der Waals surface area contributed by atoms with E-state index in [2.05, 4.69) is 30.9 Å². The zero-order chi connectivity index (χ0) is 28.8. The summed E-state index contributed by atoms with van der Waals surface area (Å²) in [5, 5.41) is 0.882. The van der Waals surface area contributed by atoms with E-state index in [1.807, 2.05) is 66.7 Å². The minimum absolute atomic E-state index is 0. The Hall–Kier alpha value is -3.78.